The number of carboxylic acids is 1. The Kier molecular flexibility index (Phi) is 5.91. The number of hydrogen-bond donors (Lipinski definition) is 1. The quantitative estimate of drug-likeness (QED) is 0.866. The fraction of sp³-hybridized carbons (Fsp3) is 0.385. The zero-order chi connectivity index (χ0) is 15.3. The number of nitrogens with zero attached hydrogens (tertiary/aromatic N) is 2. The molecule has 0 saturated carbocycles. The van der Waals surface area contributed by atoms with Crippen LogP contribution < -0.4 is 0 Å². The summed E-state index contributed by atoms with van der Waals surface area (Å²) in [4.78, 5) is 25.9. The van der Waals surface area contributed by atoms with Gasteiger partial charge in [-0.2, -0.15) is 0 Å². The van der Waals surface area contributed by atoms with Gasteiger partial charge >= 0.3 is 5.97 Å². The van der Waals surface area contributed by atoms with E-state index in [2.05, 4.69) is 0 Å². The largest absolute Gasteiger partial charge is 0.480 e. The molecule has 5 nitrogen and oxygen atoms in total. The topological polar surface area (TPSA) is 60.9 Å². The number of aliphatic carboxylic acids is 1. The molecule has 110 valence electrons. The van der Waals surface area contributed by atoms with Gasteiger partial charge in [0.25, 0.3) is 5.91 Å². The molecule has 0 aliphatic rings. The third kappa shape index (κ3) is 4.79. The third-order valence-corrected chi connectivity index (χ3v) is 2.82. The molecule has 0 atom stereocenters. The van der Waals surface area contributed by atoms with Crippen molar-refractivity contribution in [3.8, 4) is 0 Å². The Bertz CT molecular complexity index is 508. The molecule has 1 aromatic carbocycles. The first-order valence-electron chi connectivity index (χ1n) is 5.92. The number of likely N-dealkylation sites (N-methyl/N-ethyl adjacent to an activating group) is 1. The number of carbonyl (C=O) groups is 2. The van der Waals surface area contributed by atoms with E-state index in [1.807, 2.05) is 0 Å². The van der Waals surface area contributed by atoms with Crippen LogP contribution in [0.3, 0.4) is 0 Å². The maximum Gasteiger partial charge on any atom is 0.323 e. The summed E-state index contributed by atoms with van der Waals surface area (Å²) < 4.78 is 13.7. The van der Waals surface area contributed by atoms with Crippen LogP contribution in [0.25, 0.3) is 0 Å². The lowest BCUT2D eigenvalue weighted by molar-refractivity contribution is -0.137. The molecule has 0 aliphatic heterocycles. The van der Waals surface area contributed by atoms with E-state index in [1.165, 1.54) is 12.1 Å². The molecule has 7 heteroatoms. The Morgan fingerprint density at radius 1 is 1.30 bits per heavy atom. The van der Waals surface area contributed by atoms with E-state index in [9.17, 15) is 14.0 Å². The van der Waals surface area contributed by atoms with Crippen molar-refractivity contribution in [2.24, 2.45) is 0 Å². The summed E-state index contributed by atoms with van der Waals surface area (Å²) in [5.74, 6) is -2.56. The molecule has 0 aromatic heterocycles. The van der Waals surface area contributed by atoms with Crippen LogP contribution in [-0.4, -0.2) is 60.5 Å². The zero-order valence-corrected chi connectivity index (χ0v) is 12.0. The number of carboxylic acid groups (broad SMARTS) is 1. The number of rotatable bonds is 6. The average molecular weight is 303 g/mol. The fourth-order valence-electron chi connectivity index (χ4n) is 1.57. The van der Waals surface area contributed by atoms with Crippen LogP contribution in [0.4, 0.5) is 4.39 Å². The lowest BCUT2D eigenvalue weighted by atomic mass is 10.2. The van der Waals surface area contributed by atoms with Crippen molar-refractivity contribution >= 4 is 23.5 Å². The molecule has 0 bridgehead atoms. The van der Waals surface area contributed by atoms with E-state index >= 15 is 0 Å². The van der Waals surface area contributed by atoms with Gasteiger partial charge in [-0.25, -0.2) is 4.39 Å². The summed E-state index contributed by atoms with van der Waals surface area (Å²) in [6.45, 7) is 0.171. The van der Waals surface area contributed by atoms with E-state index in [0.717, 1.165) is 11.0 Å². The SMILES string of the molecule is CN(C)CCN(CC(=O)O)C(=O)c1cc(Cl)ccc1F. The first-order valence-corrected chi connectivity index (χ1v) is 6.30. The van der Waals surface area contributed by atoms with Gasteiger partial charge < -0.3 is 14.9 Å². The van der Waals surface area contributed by atoms with E-state index in [0.29, 0.717) is 6.54 Å². The van der Waals surface area contributed by atoms with Crippen molar-refractivity contribution in [2.75, 3.05) is 33.7 Å². The Hall–Kier alpha value is -1.66. The normalized spacial score (nSPS) is 10.7. The van der Waals surface area contributed by atoms with Gasteiger partial charge in [0, 0.05) is 18.1 Å². The monoisotopic (exact) mass is 302 g/mol. The molecule has 1 amide bonds. The summed E-state index contributed by atoms with van der Waals surface area (Å²) in [5.41, 5.74) is -0.225. The molecule has 20 heavy (non-hydrogen) atoms. The molecule has 0 heterocycles. The molecular weight excluding hydrogens is 287 g/mol. The molecule has 0 fully saturated rings. The molecule has 1 rings (SSSR count). The third-order valence-electron chi connectivity index (χ3n) is 2.59. The van der Waals surface area contributed by atoms with Crippen molar-refractivity contribution in [1.29, 1.82) is 0 Å². The minimum absolute atomic E-state index is 0.185. The Morgan fingerprint density at radius 3 is 2.50 bits per heavy atom. The predicted molar refractivity (Wildman–Crippen MR) is 73.5 cm³/mol. The second-order valence-electron chi connectivity index (χ2n) is 4.55. The molecular formula is C13H16ClFN2O3. The van der Waals surface area contributed by atoms with Crippen molar-refractivity contribution in [1.82, 2.24) is 9.80 Å². The standard InChI is InChI=1S/C13H16ClFN2O3/c1-16(2)5-6-17(8-12(18)19)13(20)10-7-9(14)3-4-11(10)15/h3-4,7H,5-6,8H2,1-2H3,(H,18,19). The van der Waals surface area contributed by atoms with Gasteiger partial charge in [0.05, 0.1) is 5.56 Å². The van der Waals surface area contributed by atoms with Crippen LogP contribution in [0, 0.1) is 5.82 Å². The average Bonchev–Trinajstić information content (AvgIpc) is 2.36. The van der Waals surface area contributed by atoms with Crippen LogP contribution in [0.5, 0.6) is 0 Å². The van der Waals surface area contributed by atoms with Crippen molar-refractivity contribution in [2.45, 2.75) is 0 Å². The van der Waals surface area contributed by atoms with E-state index in [-0.39, 0.29) is 17.1 Å². The lowest BCUT2D eigenvalue weighted by Gasteiger charge is -2.23. The van der Waals surface area contributed by atoms with E-state index < -0.39 is 24.2 Å². The summed E-state index contributed by atoms with van der Waals surface area (Å²) in [6.07, 6.45) is 0. The Labute approximate surface area is 121 Å². The van der Waals surface area contributed by atoms with Crippen LogP contribution in [0.2, 0.25) is 5.02 Å². The van der Waals surface area contributed by atoms with E-state index in [1.54, 1.807) is 19.0 Å². The highest BCUT2D eigenvalue weighted by molar-refractivity contribution is 6.31. The Balaban J connectivity index is 2.96. The first-order chi connectivity index (χ1) is 9.31. The molecule has 0 aliphatic carbocycles. The summed E-state index contributed by atoms with van der Waals surface area (Å²) in [6, 6.07) is 3.61. The highest BCUT2D eigenvalue weighted by atomic mass is 35.5. The van der Waals surface area contributed by atoms with Crippen LogP contribution in [0.1, 0.15) is 10.4 Å². The minimum atomic E-state index is -1.15. The Morgan fingerprint density at radius 2 is 1.95 bits per heavy atom. The predicted octanol–water partition coefficient (Wildman–Crippen LogP) is 1.57. The minimum Gasteiger partial charge on any atom is -0.480 e. The van der Waals surface area contributed by atoms with Gasteiger partial charge in [0.15, 0.2) is 0 Å². The van der Waals surface area contributed by atoms with Crippen LogP contribution in [-0.2, 0) is 4.79 Å². The fourth-order valence-corrected chi connectivity index (χ4v) is 1.74. The van der Waals surface area contributed by atoms with Crippen LogP contribution >= 0.6 is 11.6 Å². The van der Waals surface area contributed by atoms with Gasteiger partial charge in [-0.1, -0.05) is 11.6 Å². The van der Waals surface area contributed by atoms with Gasteiger partial charge in [0.2, 0.25) is 0 Å². The van der Waals surface area contributed by atoms with Gasteiger partial charge in [-0.3, -0.25) is 9.59 Å². The highest BCUT2D eigenvalue weighted by Gasteiger charge is 2.21. The van der Waals surface area contributed by atoms with E-state index in [4.69, 9.17) is 16.7 Å². The number of halogens is 2. The van der Waals surface area contributed by atoms with Crippen molar-refractivity contribution in [3.63, 3.8) is 0 Å². The smallest absolute Gasteiger partial charge is 0.323 e. The second kappa shape index (κ2) is 7.21. The summed E-state index contributed by atoms with van der Waals surface area (Å²) >= 11 is 5.74. The molecule has 1 aromatic rings. The highest BCUT2D eigenvalue weighted by Crippen LogP contribution is 2.16. The lowest BCUT2D eigenvalue weighted by Crippen LogP contribution is -2.40. The molecule has 0 unspecified atom stereocenters. The van der Waals surface area contributed by atoms with Crippen LogP contribution in [0.15, 0.2) is 18.2 Å². The van der Waals surface area contributed by atoms with Crippen molar-refractivity contribution < 1.29 is 19.1 Å². The van der Waals surface area contributed by atoms with Gasteiger partial charge in [0.1, 0.15) is 12.4 Å². The molecule has 0 saturated heterocycles. The molecule has 1 N–H and O–H groups in total. The number of benzene rings is 1. The van der Waals surface area contributed by atoms with Crippen molar-refractivity contribution in [3.05, 3.63) is 34.6 Å². The molecule has 0 spiro atoms. The number of hydrogen-bond acceptors (Lipinski definition) is 3. The second-order valence-corrected chi connectivity index (χ2v) is 4.98. The maximum atomic E-state index is 13.7. The number of amides is 1. The van der Waals surface area contributed by atoms with Gasteiger partial charge in [-0.15, -0.1) is 0 Å². The first kappa shape index (κ1) is 16.4. The molecule has 0 radical (unpaired) electrons. The maximum absolute atomic E-state index is 13.7. The van der Waals surface area contributed by atoms with Gasteiger partial charge in [-0.05, 0) is 32.3 Å². The number of carbonyl (C=O) groups excluding carboxylic acids is 1. The summed E-state index contributed by atoms with van der Waals surface area (Å²) in [7, 11) is 3.59. The zero-order valence-electron chi connectivity index (χ0n) is 11.3. The summed E-state index contributed by atoms with van der Waals surface area (Å²) in [5, 5.41) is 9.06.